The number of nitrogens with zero attached hydrogens (tertiary/aromatic N) is 5. The van der Waals surface area contributed by atoms with Crippen LogP contribution in [0.1, 0.15) is 49.9 Å². The third kappa shape index (κ3) is 4.93. The van der Waals surface area contributed by atoms with Crippen LogP contribution in [0.15, 0.2) is 30.6 Å². The van der Waals surface area contributed by atoms with Gasteiger partial charge in [-0.2, -0.15) is 18.2 Å². The van der Waals surface area contributed by atoms with Gasteiger partial charge in [0.2, 0.25) is 11.8 Å². The zero-order valence-electron chi connectivity index (χ0n) is 17.8. The van der Waals surface area contributed by atoms with Crippen molar-refractivity contribution in [3.8, 4) is 5.88 Å². The fraction of sp³-hybridized carbons (Fsp3) is 0.524. The Morgan fingerprint density at radius 2 is 2.09 bits per heavy atom. The molecule has 3 aromatic rings. The van der Waals surface area contributed by atoms with Gasteiger partial charge in [-0.25, -0.2) is 4.98 Å². The van der Waals surface area contributed by atoms with Crippen molar-refractivity contribution in [1.29, 1.82) is 0 Å². The zero-order valence-corrected chi connectivity index (χ0v) is 17.8. The van der Waals surface area contributed by atoms with Crippen molar-refractivity contribution < 1.29 is 22.6 Å². The molecule has 4 rings (SSSR count). The van der Waals surface area contributed by atoms with Crippen molar-refractivity contribution >= 4 is 11.6 Å². The first kappa shape index (κ1) is 22.3. The summed E-state index contributed by atoms with van der Waals surface area (Å²) in [4.78, 5) is 7.94. The lowest BCUT2D eigenvalue weighted by molar-refractivity contribution is -0.140. The molecule has 1 aliphatic carbocycles. The lowest BCUT2D eigenvalue weighted by atomic mass is 9.85. The van der Waals surface area contributed by atoms with Crippen molar-refractivity contribution in [1.82, 2.24) is 24.6 Å². The zero-order chi connectivity index (χ0) is 22.7. The number of hydrogen-bond acceptors (Lipinski definition) is 7. The van der Waals surface area contributed by atoms with Gasteiger partial charge < -0.3 is 14.8 Å². The molecule has 0 saturated heterocycles. The van der Waals surface area contributed by atoms with Crippen LogP contribution in [-0.2, 0) is 10.9 Å². The number of ether oxygens (including phenoxy) is 2. The normalized spacial score (nSPS) is 20.3. The molecule has 1 saturated carbocycles. The summed E-state index contributed by atoms with van der Waals surface area (Å²) in [5, 5.41) is 11.8. The topological polar surface area (TPSA) is 86.5 Å². The summed E-state index contributed by atoms with van der Waals surface area (Å²) in [5.74, 6) is 0.660. The van der Waals surface area contributed by atoms with E-state index in [4.69, 9.17) is 9.47 Å². The fourth-order valence-corrected chi connectivity index (χ4v) is 4.06. The number of halogens is 3. The quantitative estimate of drug-likeness (QED) is 0.580. The molecule has 0 radical (unpaired) electrons. The fourth-order valence-electron chi connectivity index (χ4n) is 4.06. The minimum absolute atomic E-state index is 0.00852. The van der Waals surface area contributed by atoms with Crippen molar-refractivity contribution in [2.45, 2.75) is 56.8 Å². The summed E-state index contributed by atoms with van der Waals surface area (Å²) in [6.45, 7) is 1.76. The number of fused-ring (bicyclic) bond motifs is 1. The van der Waals surface area contributed by atoms with E-state index in [1.165, 1.54) is 7.11 Å². The first-order chi connectivity index (χ1) is 15.3. The number of methoxy groups -OCH3 is 1. The standard InChI is InChI=1S/C21H25F3N6O2/c1-13(12-31-2)32-19-16(21(22,23)24)11-25-20(27-19)26-15-7-5-6-14(10-15)18-29-28-17-8-3-4-9-30(17)18/h3-4,8-9,11,13-15H,5-7,10,12H2,1-2H3,(H,25,26,27)/t13-,14-,15+/m0/s1. The highest BCUT2D eigenvalue weighted by atomic mass is 19.4. The smallest absolute Gasteiger partial charge is 0.423 e. The van der Waals surface area contributed by atoms with Crippen molar-refractivity contribution in [2.24, 2.45) is 0 Å². The minimum atomic E-state index is -4.62. The molecule has 3 atom stereocenters. The maximum atomic E-state index is 13.4. The molecule has 0 amide bonds. The Balaban J connectivity index is 1.51. The monoisotopic (exact) mass is 450 g/mol. The molecule has 3 aromatic heterocycles. The third-order valence-corrected chi connectivity index (χ3v) is 5.49. The van der Waals surface area contributed by atoms with Gasteiger partial charge in [-0.3, -0.25) is 4.40 Å². The second-order valence-electron chi connectivity index (χ2n) is 7.99. The number of aromatic nitrogens is 5. The van der Waals surface area contributed by atoms with Gasteiger partial charge in [0.05, 0.1) is 6.61 Å². The highest BCUT2D eigenvalue weighted by Gasteiger charge is 2.37. The molecule has 32 heavy (non-hydrogen) atoms. The van der Waals surface area contributed by atoms with Crippen LogP contribution < -0.4 is 10.1 Å². The largest absolute Gasteiger partial charge is 0.472 e. The van der Waals surface area contributed by atoms with Gasteiger partial charge in [0.15, 0.2) is 5.65 Å². The van der Waals surface area contributed by atoms with Gasteiger partial charge in [-0.15, -0.1) is 10.2 Å². The van der Waals surface area contributed by atoms with Crippen molar-refractivity contribution in [3.63, 3.8) is 0 Å². The molecule has 11 heteroatoms. The van der Waals surface area contributed by atoms with E-state index < -0.39 is 23.7 Å². The van der Waals surface area contributed by atoms with E-state index in [0.29, 0.717) is 0 Å². The number of nitrogens with one attached hydrogen (secondary N) is 1. The summed E-state index contributed by atoms with van der Waals surface area (Å²) in [6.07, 6.45) is 0.991. The summed E-state index contributed by atoms with van der Waals surface area (Å²) in [6, 6.07) is 5.73. The van der Waals surface area contributed by atoms with Gasteiger partial charge in [0, 0.05) is 31.5 Å². The van der Waals surface area contributed by atoms with E-state index in [-0.39, 0.29) is 24.5 Å². The molecule has 1 fully saturated rings. The molecule has 1 N–H and O–H groups in total. The van der Waals surface area contributed by atoms with Crippen LogP contribution in [0.4, 0.5) is 19.1 Å². The Bertz CT molecular complexity index is 1060. The third-order valence-electron chi connectivity index (χ3n) is 5.49. The van der Waals surface area contributed by atoms with E-state index in [9.17, 15) is 13.2 Å². The molecular formula is C21H25F3N6O2. The second-order valence-corrected chi connectivity index (χ2v) is 7.99. The van der Waals surface area contributed by atoms with E-state index in [0.717, 1.165) is 43.4 Å². The summed E-state index contributed by atoms with van der Waals surface area (Å²) < 4.78 is 52.5. The van der Waals surface area contributed by atoms with Crippen LogP contribution in [0.3, 0.4) is 0 Å². The molecule has 0 aromatic carbocycles. The lowest BCUT2D eigenvalue weighted by Gasteiger charge is -2.29. The number of anilines is 1. The molecule has 0 unspecified atom stereocenters. The molecule has 0 spiro atoms. The van der Waals surface area contributed by atoms with Crippen LogP contribution in [0.2, 0.25) is 0 Å². The van der Waals surface area contributed by atoms with Crippen molar-refractivity contribution in [3.05, 3.63) is 42.0 Å². The lowest BCUT2D eigenvalue weighted by Crippen LogP contribution is -2.28. The number of pyridine rings is 1. The predicted molar refractivity (Wildman–Crippen MR) is 111 cm³/mol. The summed E-state index contributed by atoms with van der Waals surface area (Å²) in [5.41, 5.74) is -0.224. The van der Waals surface area contributed by atoms with Crippen LogP contribution >= 0.6 is 0 Å². The van der Waals surface area contributed by atoms with Crippen molar-refractivity contribution in [2.75, 3.05) is 19.0 Å². The molecule has 0 aliphatic heterocycles. The Hall–Kier alpha value is -2.95. The van der Waals surface area contributed by atoms with Gasteiger partial charge >= 0.3 is 6.18 Å². The first-order valence-electron chi connectivity index (χ1n) is 10.5. The van der Waals surface area contributed by atoms with E-state index >= 15 is 0 Å². The van der Waals surface area contributed by atoms with Gasteiger partial charge in [0.25, 0.3) is 0 Å². The summed E-state index contributed by atoms with van der Waals surface area (Å²) >= 11 is 0. The molecule has 0 bridgehead atoms. The van der Waals surface area contributed by atoms with Crippen LogP contribution in [0, 0.1) is 0 Å². The number of hydrogen-bond donors (Lipinski definition) is 1. The Morgan fingerprint density at radius 3 is 2.88 bits per heavy atom. The average Bonchev–Trinajstić information content (AvgIpc) is 3.18. The Kier molecular flexibility index (Phi) is 6.45. The van der Waals surface area contributed by atoms with E-state index in [1.807, 2.05) is 28.8 Å². The van der Waals surface area contributed by atoms with E-state index in [2.05, 4.69) is 25.5 Å². The molecule has 172 valence electrons. The van der Waals surface area contributed by atoms with Crippen LogP contribution in [0.5, 0.6) is 5.88 Å². The van der Waals surface area contributed by atoms with Gasteiger partial charge in [-0.1, -0.05) is 12.5 Å². The Morgan fingerprint density at radius 1 is 1.25 bits per heavy atom. The maximum Gasteiger partial charge on any atom is 0.423 e. The second kappa shape index (κ2) is 9.27. The van der Waals surface area contributed by atoms with Crippen LogP contribution in [0.25, 0.3) is 5.65 Å². The number of rotatable bonds is 7. The van der Waals surface area contributed by atoms with Crippen LogP contribution in [-0.4, -0.2) is 50.4 Å². The Labute approximate surface area is 183 Å². The predicted octanol–water partition coefficient (Wildman–Crippen LogP) is 4.09. The minimum Gasteiger partial charge on any atom is -0.472 e. The molecule has 8 nitrogen and oxygen atoms in total. The molecule has 1 aliphatic rings. The molecular weight excluding hydrogens is 425 g/mol. The number of alkyl halides is 3. The average molecular weight is 450 g/mol. The SMILES string of the molecule is COC[C@H](C)Oc1nc(N[C@@H]2CCC[C@H](c3nnc4ccccn34)C2)ncc1C(F)(F)F. The van der Waals surface area contributed by atoms with Gasteiger partial charge in [0.1, 0.15) is 17.5 Å². The first-order valence-corrected chi connectivity index (χ1v) is 10.5. The summed E-state index contributed by atoms with van der Waals surface area (Å²) in [7, 11) is 1.45. The maximum absolute atomic E-state index is 13.4. The highest BCUT2D eigenvalue weighted by molar-refractivity contribution is 5.38. The van der Waals surface area contributed by atoms with Gasteiger partial charge in [-0.05, 0) is 38.3 Å². The molecule has 3 heterocycles. The highest BCUT2D eigenvalue weighted by Crippen LogP contribution is 2.37. The van der Waals surface area contributed by atoms with E-state index in [1.54, 1.807) is 6.92 Å².